The average molecular weight is 584 g/mol. The Hall–Kier alpha value is -1.66. The summed E-state index contributed by atoms with van der Waals surface area (Å²) < 4.78 is 0. The highest BCUT2D eigenvalue weighted by Crippen LogP contribution is 2.75. The standard InChI is InChI=1S/C36H57NO5/c1-7-9-24(11-14-30(38)39)25-15-18-32(3)26(23(25)2)16-19-34(5)29(32)13-12-27-28-10-8-17-36(28,21-20-33(27,34)4)37-22-35(6,42)31(40)41/h9,15,23,26-29,37,42H,7-8,10-14,16-22H2,1-6H3,(H,38,39)(H,40,41)/b24-9+/t23?,26?,27?,28-,29?,32?,33-,34-,35?,36?/m1/s1. The van der Waals surface area contributed by atoms with E-state index < -0.39 is 17.5 Å². The Labute approximate surface area is 253 Å². The lowest BCUT2D eigenvalue weighted by Crippen LogP contribution is -2.67. The van der Waals surface area contributed by atoms with Crippen LogP contribution >= 0.6 is 0 Å². The number of rotatable bonds is 9. The third-order valence-corrected chi connectivity index (χ3v) is 14.2. The Kier molecular flexibility index (Phi) is 8.35. The lowest BCUT2D eigenvalue weighted by atomic mass is 9.34. The molecule has 0 amide bonds. The van der Waals surface area contributed by atoms with Gasteiger partial charge in [0, 0.05) is 18.5 Å². The van der Waals surface area contributed by atoms with E-state index in [2.05, 4.69) is 52.1 Å². The van der Waals surface area contributed by atoms with E-state index in [0.29, 0.717) is 36.0 Å². The van der Waals surface area contributed by atoms with Gasteiger partial charge in [-0.1, -0.05) is 53.2 Å². The van der Waals surface area contributed by atoms with Gasteiger partial charge in [-0.3, -0.25) is 4.79 Å². The molecule has 0 heterocycles. The molecule has 7 unspecified atom stereocenters. The van der Waals surface area contributed by atoms with Crippen LogP contribution in [-0.4, -0.2) is 44.9 Å². The molecule has 42 heavy (non-hydrogen) atoms. The second-order valence-corrected chi connectivity index (χ2v) is 16.0. The van der Waals surface area contributed by atoms with Gasteiger partial charge in [-0.05, 0) is 135 Å². The zero-order valence-electron chi connectivity index (χ0n) is 27.1. The Balaban J connectivity index is 1.41. The summed E-state index contributed by atoms with van der Waals surface area (Å²) in [6.45, 7) is 13.9. The SMILES string of the molecule is CC/C=C(\CCC(=O)O)C1=CCC2(C)C(CC[C@]3(C)C2CCC2[C@H]4CCCC4(NCC(C)(O)C(=O)O)CC[C@]23C)C1C. The first-order valence-corrected chi connectivity index (χ1v) is 17.0. The van der Waals surface area contributed by atoms with Gasteiger partial charge in [0.2, 0.25) is 0 Å². The number of carbonyl (C=O) groups is 2. The predicted octanol–water partition coefficient (Wildman–Crippen LogP) is 7.37. The van der Waals surface area contributed by atoms with Crippen LogP contribution in [0.5, 0.6) is 0 Å². The van der Waals surface area contributed by atoms with Crippen molar-refractivity contribution in [3.8, 4) is 0 Å². The molecule has 0 aromatic heterocycles. The fourth-order valence-corrected chi connectivity index (χ4v) is 11.8. The monoisotopic (exact) mass is 583 g/mol. The molecule has 5 aliphatic rings. The van der Waals surface area contributed by atoms with Crippen molar-refractivity contribution < 1.29 is 24.9 Å². The number of aliphatic hydroxyl groups is 1. The highest BCUT2D eigenvalue weighted by molar-refractivity contribution is 5.76. The van der Waals surface area contributed by atoms with E-state index in [0.717, 1.165) is 25.7 Å². The predicted molar refractivity (Wildman–Crippen MR) is 166 cm³/mol. The van der Waals surface area contributed by atoms with E-state index in [1.165, 1.54) is 63.0 Å². The molecule has 4 saturated carbocycles. The molecule has 4 N–H and O–H groups in total. The van der Waals surface area contributed by atoms with Crippen molar-refractivity contribution in [2.45, 2.75) is 136 Å². The molecule has 0 radical (unpaired) electrons. The smallest absolute Gasteiger partial charge is 0.336 e. The van der Waals surface area contributed by atoms with Crippen molar-refractivity contribution in [1.29, 1.82) is 0 Å². The summed E-state index contributed by atoms with van der Waals surface area (Å²) in [7, 11) is 0. The first kappa shape index (κ1) is 31.8. The molecular formula is C36H57NO5. The molecule has 5 rings (SSSR count). The molecule has 0 bridgehead atoms. The second kappa shape index (κ2) is 11.1. The third-order valence-electron chi connectivity index (χ3n) is 14.2. The molecule has 0 spiro atoms. The van der Waals surface area contributed by atoms with Gasteiger partial charge in [-0.2, -0.15) is 0 Å². The second-order valence-electron chi connectivity index (χ2n) is 16.0. The highest BCUT2D eigenvalue weighted by Gasteiger charge is 2.68. The van der Waals surface area contributed by atoms with Crippen LogP contribution in [0.2, 0.25) is 0 Å². The number of fused-ring (bicyclic) bond motifs is 7. The van der Waals surface area contributed by atoms with E-state index >= 15 is 0 Å². The minimum Gasteiger partial charge on any atom is -0.481 e. The number of carboxylic acids is 2. The number of allylic oxidation sites excluding steroid dienone is 4. The molecule has 0 saturated heterocycles. The maximum atomic E-state index is 11.7. The zero-order valence-corrected chi connectivity index (χ0v) is 27.1. The summed E-state index contributed by atoms with van der Waals surface area (Å²) in [5.74, 6) is 1.03. The Morgan fingerprint density at radius 3 is 2.38 bits per heavy atom. The van der Waals surface area contributed by atoms with E-state index in [9.17, 15) is 24.9 Å². The molecule has 0 aliphatic heterocycles. The Morgan fingerprint density at radius 2 is 1.71 bits per heavy atom. The Morgan fingerprint density at radius 1 is 0.976 bits per heavy atom. The van der Waals surface area contributed by atoms with Crippen LogP contribution in [0.1, 0.15) is 125 Å². The molecule has 5 aliphatic carbocycles. The largest absolute Gasteiger partial charge is 0.481 e. The molecular weight excluding hydrogens is 526 g/mol. The van der Waals surface area contributed by atoms with Crippen molar-refractivity contribution in [2.24, 2.45) is 45.8 Å². The fraction of sp³-hybridized carbons (Fsp3) is 0.833. The van der Waals surface area contributed by atoms with Crippen molar-refractivity contribution in [3.63, 3.8) is 0 Å². The molecule has 6 heteroatoms. The maximum absolute atomic E-state index is 11.7. The Bertz CT molecular complexity index is 1140. The van der Waals surface area contributed by atoms with Gasteiger partial charge in [0.1, 0.15) is 0 Å². The van der Waals surface area contributed by atoms with Crippen LogP contribution in [0.4, 0.5) is 0 Å². The summed E-state index contributed by atoms with van der Waals surface area (Å²) in [5.41, 5.74) is 1.64. The summed E-state index contributed by atoms with van der Waals surface area (Å²) in [6.07, 6.45) is 18.3. The quantitative estimate of drug-likeness (QED) is 0.226. The van der Waals surface area contributed by atoms with E-state index in [4.69, 9.17) is 0 Å². The summed E-state index contributed by atoms with van der Waals surface area (Å²) in [4.78, 5) is 23.1. The summed E-state index contributed by atoms with van der Waals surface area (Å²) >= 11 is 0. The van der Waals surface area contributed by atoms with Crippen LogP contribution in [0.3, 0.4) is 0 Å². The van der Waals surface area contributed by atoms with E-state index in [1.807, 2.05) is 0 Å². The van der Waals surface area contributed by atoms with Gasteiger partial charge in [0.25, 0.3) is 0 Å². The van der Waals surface area contributed by atoms with Crippen molar-refractivity contribution in [2.75, 3.05) is 6.54 Å². The van der Waals surface area contributed by atoms with Gasteiger partial charge in [0.15, 0.2) is 5.60 Å². The lowest BCUT2D eigenvalue weighted by molar-refractivity contribution is -0.213. The molecule has 4 fully saturated rings. The maximum Gasteiger partial charge on any atom is 0.336 e. The molecule has 0 aromatic rings. The van der Waals surface area contributed by atoms with E-state index in [1.54, 1.807) is 0 Å². The van der Waals surface area contributed by atoms with Gasteiger partial charge < -0.3 is 20.6 Å². The van der Waals surface area contributed by atoms with Gasteiger partial charge in [-0.25, -0.2) is 4.79 Å². The molecule has 236 valence electrons. The molecule has 10 atom stereocenters. The number of nitrogens with one attached hydrogen (secondary N) is 1. The number of carboxylic acid groups (broad SMARTS) is 2. The van der Waals surface area contributed by atoms with Crippen molar-refractivity contribution in [1.82, 2.24) is 5.32 Å². The highest BCUT2D eigenvalue weighted by atomic mass is 16.4. The zero-order chi connectivity index (χ0) is 30.7. The fourth-order valence-electron chi connectivity index (χ4n) is 11.8. The number of hydrogen-bond donors (Lipinski definition) is 4. The van der Waals surface area contributed by atoms with Gasteiger partial charge >= 0.3 is 11.9 Å². The summed E-state index contributed by atoms with van der Waals surface area (Å²) in [6, 6.07) is 0. The minimum absolute atomic E-state index is 0.0527. The topological polar surface area (TPSA) is 107 Å². The van der Waals surface area contributed by atoms with Gasteiger partial charge in [-0.15, -0.1) is 0 Å². The molecule has 0 aromatic carbocycles. The average Bonchev–Trinajstić information content (AvgIpc) is 3.35. The third kappa shape index (κ3) is 4.82. The van der Waals surface area contributed by atoms with Crippen molar-refractivity contribution in [3.05, 3.63) is 23.3 Å². The van der Waals surface area contributed by atoms with Crippen LogP contribution in [0, 0.1) is 45.8 Å². The first-order chi connectivity index (χ1) is 19.7. The van der Waals surface area contributed by atoms with Crippen molar-refractivity contribution >= 4 is 11.9 Å². The van der Waals surface area contributed by atoms with Crippen LogP contribution < -0.4 is 5.32 Å². The van der Waals surface area contributed by atoms with Crippen LogP contribution in [0.15, 0.2) is 23.3 Å². The normalized spacial score (nSPS) is 44.6. The van der Waals surface area contributed by atoms with Crippen LogP contribution in [0.25, 0.3) is 0 Å². The lowest BCUT2D eigenvalue weighted by Gasteiger charge is -2.71. The number of aliphatic carboxylic acids is 2. The minimum atomic E-state index is -1.75. The first-order valence-electron chi connectivity index (χ1n) is 17.0. The van der Waals surface area contributed by atoms with Crippen LogP contribution in [-0.2, 0) is 9.59 Å². The molecule has 6 nitrogen and oxygen atoms in total. The van der Waals surface area contributed by atoms with Gasteiger partial charge in [0.05, 0.1) is 0 Å². The number of β-amino-alcohol motifs (C(OH)–C–C–N with tert-alkyl or cyclic N) is 1. The summed E-state index contributed by atoms with van der Waals surface area (Å²) in [5, 5.41) is 33.1. The number of hydrogen-bond acceptors (Lipinski definition) is 4. The van der Waals surface area contributed by atoms with E-state index in [-0.39, 0.29) is 34.7 Å².